The Bertz CT molecular complexity index is 3030. The predicted octanol–water partition coefficient (Wildman–Crippen LogP) is 19.5. The zero-order valence-electron chi connectivity index (χ0n) is 38.9. The summed E-state index contributed by atoms with van der Waals surface area (Å²) >= 11 is 17.1. The quantitative estimate of drug-likeness (QED) is 0.135. The lowest BCUT2D eigenvalue weighted by Crippen LogP contribution is -2.17. The summed E-state index contributed by atoms with van der Waals surface area (Å²) in [6.45, 7) is 17.8. The molecule has 0 aliphatic carbocycles. The zero-order valence-corrected chi connectivity index (χ0v) is 41.2. The van der Waals surface area contributed by atoms with Crippen LogP contribution in [0.5, 0.6) is 0 Å². The Morgan fingerprint density at radius 3 is 1.42 bits per heavy atom. The molecule has 1 aromatic heterocycles. The first kappa shape index (κ1) is 44.9. The lowest BCUT2D eigenvalue weighted by molar-refractivity contribution is 0.590. The number of hydrogen-bond donors (Lipinski definition) is 0. The number of nitrogens with zero attached hydrogens (tertiary/aromatic N) is 3. The van der Waals surface area contributed by atoms with Crippen LogP contribution in [0.15, 0.2) is 188 Å². The van der Waals surface area contributed by atoms with E-state index in [-0.39, 0.29) is 10.8 Å². The van der Waals surface area contributed by atoms with Crippen LogP contribution in [-0.2, 0) is 10.8 Å². The van der Waals surface area contributed by atoms with Crippen molar-refractivity contribution in [1.82, 2.24) is 0 Å². The van der Waals surface area contributed by atoms with Gasteiger partial charge >= 0.3 is 0 Å². The van der Waals surface area contributed by atoms with Crippen molar-refractivity contribution < 1.29 is 0 Å². The second-order valence-electron chi connectivity index (χ2n) is 19.1. The lowest BCUT2D eigenvalue weighted by atomic mass is 9.86. The van der Waals surface area contributed by atoms with Gasteiger partial charge in [-0.25, -0.2) is 0 Å². The number of hydrogen-bond acceptors (Lipinski definition) is 4. The molecule has 9 rings (SSSR count). The van der Waals surface area contributed by atoms with Crippen molar-refractivity contribution in [3.8, 4) is 10.4 Å². The van der Waals surface area contributed by atoms with Gasteiger partial charge in [-0.1, -0.05) is 162 Å². The summed E-state index contributed by atoms with van der Waals surface area (Å²) in [6, 6.07) is 67.1. The Hall–Kier alpha value is -6.30. The van der Waals surface area contributed by atoms with Crippen LogP contribution in [0.3, 0.4) is 0 Å². The van der Waals surface area contributed by atoms with Gasteiger partial charge in [0.05, 0.1) is 22.1 Å². The van der Waals surface area contributed by atoms with Gasteiger partial charge in [-0.3, -0.25) is 0 Å². The fourth-order valence-corrected chi connectivity index (χ4v) is 10.3. The molecule has 0 atom stereocenters. The maximum Gasteiger partial charge on any atom is 0.0888 e. The van der Waals surface area contributed by atoms with E-state index < -0.39 is 0 Å². The predicted molar refractivity (Wildman–Crippen MR) is 288 cm³/mol. The molecule has 6 heteroatoms. The molecule has 330 valence electrons. The van der Waals surface area contributed by atoms with E-state index in [0.717, 1.165) is 62.3 Å². The fraction of sp³-hybridized carbons (Fsp3) is 0.167. The molecule has 0 amide bonds. The molecule has 0 saturated heterocycles. The molecular formula is C60H55Cl2N3S. The summed E-state index contributed by atoms with van der Waals surface area (Å²) in [4.78, 5) is 8.08. The van der Waals surface area contributed by atoms with Crippen LogP contribution in [0.25, 0.3) is 20.5 Å². The Morgan fingerprint density at radius 1 is 0.409 bits per heavy atom. The van der Waals surface area contributed by atoms with E-state index in [1.807, 2.05) is 23.5 Å². The molecule has 0 N–H and O–H groups in total. The second-order valence-corrected chi connectivity index (χ2v) is 21.0. The van der Waals surface area contributed by atoms with Gasteiger partial charge in [-0.15, -0.1) is 11.3 Å². The number of rotatable bonds is 10. The molecule has 0 saturated carbocycles. The van der Waals surface area contributed by atoms with Crippen LogP contribution >= 0.6 is 34.5 Å². The van der Waals surface area contributed by atoms with Crippen molar-refractivity contribution in [3.63, 3.8) is 0 Å². The van der Waals surface area contributed by atoms with Crippen molar-refractivity contribution in [2.75, 3.05) is 14.7 Å². The Labute approximate surface area is 405 Å². The molecule has 0 spiro atoms. The third-order valence-electron chi connectivity index (χ3n) is 12.3. The van der Waals surface area contributed by atoms with Gasteiger partial charge in [-0.05, 0) is 149 Å². The van der Waals surface area contributed by atoms with E-state index in [2.05, 4.69) is 246 Å². The normalized spacial score (nSPS) is 11.8. The zero-order chi connectivity index (χ0) is 46.3. The van der Waals surface area contributed by atoms with Gasteiger partial charge in [0, 0.05) is 48.7 Å². The molecule has 0 unspecified atom stereocenters. The van der Waals surface area contributed by atoms with E-state index in [9.17, 15) is 0 Å². The van der Waals surface area contributed by atoms with E-state index in [4.69, 9.17) is 23.2 Å². The fourth-order valence-electron chi connectivity index (χ4n) is 8.78. The Balaban J connectivity index is 1.20. The number of halogens is 2. The van der Waals surface area contributed by atoms with E-state index >= 15 is 0 Å². The largest absolute Gasteiger partial charge is 0.310 e. The highest BCUT2D eigenvalue weighted by Crippen LogP contribution is 2.51. The summed E-state index contributed by atoms with van der Waals surface area (Å²) in [5.74, 6) is 0. The van der Waals surface area contributed by atoms with Crippen LogP contribution < -0.4 is 14.7 Å². The van der Waals surface area contributed by atoms with Crippen LogP contribution in [0.1, 0.15) is 63.8 Å². The minimum absolute atomic E-state index is 0.00173. The van der Waals surface area contributed by atoms with Gasteiger partial charge < -0.3 is 14.7 Å². The SMILES string of the molecule is Cc1cccc(C)c1N(c1cccc(N(c2ccccc2)c2ccc(-c3cc4ccccc4s3)cc2)c1)c1cc(Cl)cc(N(c2ccc(C(C)(C)C)cc2)c2ccc(C(C)(C)C)cc2)c1Cl. The van der Waals surface area contributed by atoms with Crippen molar-refractivity contribution >= 4 is 95.8 Å². The van der Waals surface area contributed by atoms with E-state index in [1.165, 1.54) is 31.7 Å². The molecule has 0 fully saturated rings. The van der Waals surface area contributed by atoms with Gasteiger partial charge in [0.15, 0.2) is 0 Å². The topological polar surface area (TPSA) is 9.72 Å². The Morgan fingerprint density at radius 2 is 0.864 bits per heavy atom. The summed E-state index contributed by atoms with van der Waals surface area (Å²) in [5.41, 5.74) is 14.5. The smallest absolute Gasteiger partial charge is 0.0888 e. The van der Waals surface area contributed by atoms with Crippen molar-refractivity contribution in [2.45, 2.75) is 66.2 Å². The highest BCUT2D eigenvalue weighted by atomic mass is 35.5. The molecule has 0 aliphatic rings. The maximum absolute atomic E-state index is 7.92. The number of para-hydroxylation sites is 2. The van der Waals surface area contributed by atoms with Crippen molar-refractivity contribution in [3.05, 3.63) is 220 Å². The third-order valence-corrected chi connectivity index (χ3v) is 14.1. The summed E-state index contributed by atoms with van der Waals surface area (Å²) < 4.78 is 1.29. The number of benzene rings is 8. The average molecular weight is 921 g/mol. The minimum Gasteiger partial charge on any atom is -0.310 e. The summed E-state index contributed by atoms with van der Waals surface area (Å²) in [7, 11) is 0. The van der Waals surface area contributed by atoms with E-state index in [1.54, 1.807) is 0 Å². The maximum atomic E-state index is 7.92. The molecular weight excluding hydrogens is 866 g/mol. The second kappa shape index (κ2) is 18.2. The van der Waals surface area contributed by atoms with Gasteiger partial charge in [0.25, 0.3) is 0 Å². The highest BCUT2D eigenvalue weighted by molar-refractivity contribution is 7.22. The van der Waals surface area contributed by atoms with E-state index in [0.29, 0.717) is 10.0 Å². The molecule has 0 bridgehead atoms. The van der Waals surface area contributed by atoms with Crippen LogP contribution in [0.4, 0.5) is 51.2 Å². The molecule has 8 aromatic carbocycles. The highest BCUT2D eigenvalue weighted by Gasteiger charge is 2.27. The minimum atomic E-state index is -0.00173. The van der Waals surface area contributed by atoms with Gasteiger partial charge in [-0.2, -0.15) is 0 Å². The summed E-state index contributed by atoms with van der Waals surface area (Å²) in [6.07, 6.45) is 0. The molecule has 9 aromatic rings. The molecule has 0 aliphatic heterocycles. The van der Waals surface area contributed by atoms with Gasteiger partial charge in [0.2, 0.25) is 0 Å². The number of fused-ring (bicyclic) bond motifs is 1. The standard InChI is InChI=1S/C60H55Cl2N3S/c1-40-16-14-17-41(2)58(40)65(54-38-46(61)37-53(57(54)62)64(49-32-26-44(27-33-49)59(3,4)5)50-34-28-45(29-35-50)60(6,7)8)52-22-15-21-51(39-52)63(47-19-10-9-11-20-47)48-30-24-42(25-31-48)56-36-43-18-12-13-23-55(43)66-56/h9-39H,1-8H3. The van der Waals surface area contributed by atoms with Gasteiger partial charge in [0.1, 0.15) is 0 Å². The first-order valence-electron chi connectivity index (χ1n) is 22.5. The molecule has 1 heterocycles. The summed E-state index contributed by atoms with van der Waals surface area (Å²) in [5, 5.41) is 2.41. The van der Waals surface area contributed by atoms with Crippen molar-refractivity contribution in [1.29, 1.82) is 0 Å². The Kier molecular flexibility index (Phi) is 12.4. The molecule has 3 nitrogen and oxygen atoms in total. The lowest BCUT2D eigenvalue weighted by Gasteiger charge is -2.34. The van der Waals surface area contributed by atoms with Crippen molar-refractivity contribution in [2.24, 2.45) is 0 Å². The monoisotopic (exact) mass is 919 g/mol. The van der Waals surface area contributed by atoms with Crippen LogP contribution in [0, 0.1) is 13.8 Å². The van der Waals surface area contributed by atoms with Crippen LogP contribution in [0.2, 0.25) is 10.0 Å². The average Bonchev–Trinajstić information content (AvgIpc) is 3.74. The number of anilines is 9. The number of thiophene rings is 1. The molecule has 66 heavy (non-hydrogen) atoms. The molecule has 0 radical (unpaired) electrons. The first-order chi connectivity index (χ1) is 31.6. The third kappa shape index (κ3) is 9.11. The van der Waals surface area contributed by atoms with Crippen LogP contribution in [-0.4, -0.2) is 0 Å². The first-order valence-corrected chi connectivity index (χ1v) is 24.1. The number of aryl methyl sites for hydroxylation is 2.